The minimum Gasteiger partial charge on any atom is -0.420 e. The smallest absolute Gasteiger partial charge is 0.420 e. The van der Waals surface area contributed by atoms with E-state index in [1.807, 2.05) is 26.2 Å². The average Bonchev–Trinajstić information content (AvgIpc) is 2.76. The molecule has 7 nitrogen and oxygen atoms in total. The zero-order valence-electron chi connectivity index (χ0n) is 22.0. The molecule has 3 atom stereocenters. The summed E-state index contributed by atoms with van der Waals surface area (Å²) in [7, 11) is -10.3. The van der Waals surface area contributed by atoms with Crippen molar-refractivity contribution < 1.29 is 48.3 Å². The Balaban J connectivity index is 2.11. The van der Waals surface area contributed by atoms with Crippen LogP contribution >= 0.6 is 0 Å². The Bertz CT molecular complexity index is 721. The first-order valence-corrected chi connectivity index (χ1v) is 24.8. The van der Waals surface area contributed by atoms with E-state index in [1.165, 1.54) is 0 Å². The molecule has 1 aliphatic carbocycles. The van der Waals surface area contributed by atoms with Crippen molar-refractivity contribution in [2.24, 2.45) is 0 Å². The number of amides is 1. The molecule has 17 heteroatoms. The van der Waals surface area contributed by atoms with Crippen LogP contribution in [-0.2, 0) is 26.2 Å². The summed E-state index contributed by atoms with van der Waals surface area (Å²) in [6, 6.07) is 1.27. The van der Waals surface area contributed by atoms with Gasteiger partial charge in [-0.25, -0.2) is 0 Å². The van der Waals surface area contributed by atoms with Gasteiger partial charge in [0.1, 0.15) is 0 Å². The van der Waals surface area contributed by atoms with Gasteiger partial charge in [0.25, 0.3) is 27.9 Å². The number of rotatable bonds is 9. The van der Waals surface area contributed by atoms with E-state index < -0.39 is 68.5 Å². The molecule has 0 aromatic rings. The highest BCUT2D eigenvalue weighted by Gasteiger charge is 2.67. The molecule has 36 heavy (non-hydrogen) atoms. The van der Waals surface area contributed by atoms with Crippen LogP contribution in [0.3, 0.4) is 0 Å². The number of alkyl halides is 4. The third kappa shape index (κ3) is 8.77. The second kappa shape index (κ2) is 12.9. The van der Waals surface area contributed by atoms with Gasteiger partial charge >= 0.3 is 26.5 Å². The Morgan fingerprint density at radius 3 is 2.00 bits per heavy atom. The number of halogens is 5. The molecule has 1 heterocycles. The molecule has 0 aromatic heterocycles. The summed E-state index contributed by atoms with van der Waals surface area (Å²) in [5, 5.41) is 0. The van der Waals surface area contributed by atoms with Crippen molar-refractivity contribution in [2.75, 3.05) is 6.54 Å². The van der Waals surface area contributed by atoms with Crippen LogP contribution in [-0.4, -0.2) is 79.9 Å². The van der Waals surface area contributed by atoms with E-state index in [1.54, 1.807) is 0 Å². The minimum absolute atomic E-state index is 0.0839. The van der Waals surface area contributed by atoms with Crippen molar-refractivity contribution in [3.8, 4) is 0 Å². The fourth-order valence-electron chi connectivity index (χ4n) is 4.81. The van der Waals surface area contributed by atoms with Crippen LogP contribution in [0.15, 0.2) is 0 Å². The van der Waals surface area contributed by atoms with Gasteiger partial charge in [0.2, 0.25) is 0 Å². The van der Waals surface area contributed by atoms with Gasteiger partial charge < -0.3 is 21.4 Å². The molecule has 0 aromatic carbocycles. The Kier molecular flexibility index (Phi) is 11.5. The second-order valence-corrected chi connectivity index (χ2v) is 26.3. The fraction of sp³-hybridized carbons (Fsp3) is 0.947. The van der Waals surface area contributed by atoms with Gasteiger partial charge in [-0.05, 0) is 55.6 Å². The van der Waals surface area contributed by atoms with Crippen LogP contribution in [0.1, 0.15) is 32.1 Å². The molecule has 0 radical (unpaired) electrons. The maximum atomic E-state index is 14.5. The Morgan fingerprint density at radius 2 is 1.53 bits per heavy atom. The maximum Gasteiger partial charge on any atom is 0.461 e. The largest absolute Gasteiger partial charge is 0.461 e. The van der Waals surface area contributed by atoms with Crippen LogP contribution in [0.4, 0.5) is 22.1 Å². The summed E-state index contributed by atoms with van der Waals surface area (Å²) in [6.07, 6.45) is -2.60. The number of carbonyl (C=O) groups excluding carboxylic acids is 1. The summed E-state index contributed by atoms with van der Waals surface area (Å²) in [5.41, 5.74) is 0. The molecule has 1 saturated carbocycles. The van der Waals surface area contributed by atoms with Crippen LogP contribution in [0.2, 0.25) is 57.4 Å². The number of hydrogen-bond donors (Lipinski definition) is 0. The van der Waals surface area contributed by atoms with E-state index in [0.717, 1.165) is 17.4 Å². The molecule has 0 N–H and O–H groups in total. The van der Waals surface area contributed by atoms with Crippen LogP contribution in [0.5, 0.6) is 0 Å². The van der Waals surface area contributed by atoms with Gasteiger partial charge in [-0.2, -0.15) is 17.6 Å². The molecule has 1 saturated heterocycles. The lowest BCUT2D eigenvalue weighted by molar-refractivity contribution is -0.384. The fourth-order valence-corrected chi connectivity index (χ4v) is 24.3. The van der Waals surface area contributed by atoms with Crippen LogP contribution in [0.25, 0.3) is 0 Å². The first-order valence-electron chi connectivity index (χ1n) is 12.5. The van der Waals surface area contributed by atoms with Gasteiger partial charge in [-0.3, -0.25) is 4.79 Å². The van der Waals surface area contributed by atoms with Crippen molar-refractivity contribution in [2.45, 2.75) is 108 Å². The summed E-state index contributed by atoms with van der Waals surface area (Å²) in [6.45, 7) is 11.9. The van der Waals surface area contributed by atoms with Gasteiger partial charge in [-0.15, -0.1) is 4.94 Å². The van der Waals surface area contributed by atoms with Gasteiger partial charge in [-0.1, -0.05) is 38.4 Å². The van der Waals surface area contributed by atoms with Gasteiger partial charge in [0.05, 0.1) is 0 Å². The Morgan fingerprint density at radius 1 is 1.00 bits per heavy atom. The molecule has 2 rings (SSSR count). The monoisotopic (exact) mass is 613 g/mol. The zero-order valence-corrected chi connectivity index (χ0v) is 27.4. The van der Waals surface area contributed by atoms with E-state index in [2.05, 4.69) is 18.0 Å². The molecule has 2 aliphatic rings. The van der Waals surface area contributed by atoms with E-state index in [9.17, 15) is 26.9 Å². The topological polar surface area (TPSA) is 66.5 Å². The lowest BCUT2D eigenvalue weighted by Gasteiger charge is -2.40. The quantitative estimate of drug-likeness (QED) is 0.278. The van der Waals surface area contributed by atoms with Crippen LogP contribution in [0, 0.1) is 0 Å². The standard InChI is InChI=1S/C19H40F5NO6Si5/c1-32-28-33(2)30-36(6,31-34(3)29-32)15-14-35(4,5)13-12-25(16-10-8-7-9-11-16)17(26)18(20,27-24)19(21,22)23/h16,32-34H,7-15H2,1-6H3. The summed E-state index contributed by atoms with van der Waals surface area (Å²) < 4.78 is 91.7. The third-order valence-electron chi connectivity index (χ3n) is 6.90. The van der Waals surface area contributed by atoms with E-state index in [-0.39, 0.29) is 6.54 Å². The molecular weight excluding hydrogens is 574 g/mol. The molecule has 0 spiro atoms. The summed E-state index contributed by atoms with van der Waals surface area (Å²) in [4.78, 5) is 16.2. The predicted octanol–water partition coefficient (Wildman–Crippen LogP) is 4.69. The molecular formula is C19H40F5NO6Si5. The van der Waals surface area contributed by atoms with Crippen LogP contribution < -0.4 is 0 Å². The minimum atomic E-state index is -5.82. The first kappa shape index (κ1) is 32.2. The molecule has 1 aliphatic heterocycles. The molecule has 1 amide bonds. The van der Waals surface area contributed by atoms with Gasteiger partial charge in [0.15, 0.2) is 0 Å². The zero-order chi connectivity index (χ0) is 27.4. The summed E-state index contributed by atoms with van der Waals surface area (Å²) >= 11 is 0. The van der Waals surface area contributed by atoms with Crippen molar-refractivity contribution in [1.82, 2.24) is 4.90 Å². The highest BCUT2D eigenvalue weighted by molar-refractivity contribution is 6.83. The SMILES string of the molecule is C[SiH]1O[SiH](C)O[Si](C)(CC[Si](C)(C)CCN(C(=O)C(F)(OF)C(F)(F)F)C2CCCCC2)O[SiH](C)O1. The second-order valence-electron chi connectivity index (χ2n) is 10.7. The Labute approximate surface area is 217 Å². The summed E-state index contributed by atoms with van der Waals surface area (Å²) in [5.74, 6) is -7.01. The van der Waals surface area contributed by atoms with E-state index >= 15 is 0 Å². The lowest BCUT2D eigenvalue weighted by atomic mass is 9.93. The van der Waals surface area contributed by atoms with Crippen molar-refractivity contribution in [3.63, 3.8) is 0 Å². The van der Waals surface area contributed by atoms with E-state index in [4.69, 9.17) is 16.5 Å². The molecule has 3 unspecified atom stereocenters. The van der Waals surface area contributed by atoms with Crippen molar-refractivity contribution in [1.29, 1.82) is 0 Å². The Hall–Kier alpha value is 0.00442. The third-order valence-corrected chi connectivity index (χ3v) is 24.5. The first-order chi connectivity index (χ1) is 16.5. The van der Waals surface area contributed by atoms with Crippen molar-refractivity contribution in [3.05, 3.63) is 0 Å². The number of carbonyl (C=O) groups is 1. The molecule has 0 bridgehead atoms. The lowest BCUT2D eigenvalue weighted by Crippen LogP contribution is -2.59. The maximum absolute atomic E-state index is 14.5. The van der Waals surface area contributed by atoms with Crippen molar-refractivity contribution >= 4 is 50.4 Å². The highest BCUT2D eigenvalue weighted by atomic mass is 28.5. The highest BCUT2D eigenvalue weighted by Crippen LogP contribution is 2.39. The number of hydrogen-bond acceptors (Lipinski definition) is 6. The average molecular weight is 614 g/mol. The predicted molar refractivity (Wildman–Crippen MR) is 138 cm³/mol. The molecule has 2 fully saturated rings. The van der Waals surface area contributed by atoms with Gasteiger partial charge in [0, 0.05) is 20.7 Å². The normalized spacial score (nSPS) is 30.8. The molecule has 212 valence electrons. The van der Waals surface area contributed by atoms with E-state index in [0.29, 0.717) is 37.8 Å². The number of nitrogens with zero attached hydrogens (tertiary/aromatic N) is 1.